The summed E-state index contributed by atoms with van der Waals surface area (Å²) in [6.07, 6.45) is 2.51. The first-order chi connectivity index (χ1) is 16.6. The fourth-order valence-electron chi connectivity index (χ4n) is 3.48. The molecule has 1 aromatic heterocycles. The molecule has 0 bridgehead atoms. The van der Waals surface area contributed by atoms with E-state index in [1.807, 2.05) is 60.7 Å². The summed E-state index contributed by atoms with van der Waals surface area (Å²) < 4.78 is 5.60. The van der Waals surface area contributed by atoms with Crippen molar-refractivity contribution in [2.24, 2.45) is 0 Å². The molecule has 0 atom stereocenters. The molecule has 0 aliphatic rings. The van der Waals surface area contributed by atoms with Crippen molar-refractivity contribution in [3.63, 3.8) is 0 Å². The summed E-state index contributed by atoms with van der Waals surface area (Å²) in [5.41, 5.74) is 5.39. The van der Waals surface area contributed by atoms with Crippen molar-refractivity contribution in [3.05, 3.63) is 102 Å². The second kappa shape index (κ2) is 11.1. The summed E-state index contributed by atoms with van der Waals surface area (Å²) >= 11 is 0. The molecule has 4 rings (SSSR count). The summed E-state index contributed by atoms with van der Waals surface area (Å²) in [6.45, 7) is 5.27. The summed E-state index contributed by atoms with van der Waals surface area (Å²) in [4.78, 5) is 21.4. The highest BCUT2D eigenvalue weighted by Gasteiger charge is 2.08. The minimum atomic E-state index is -0.141. The van der Waals surface area contributed by atoms with E-state index in [4.69, 9.17) is 4.74 Å². The minimum Gasteiger partial charge on any atom is -0.494 e. The lowest BCUT2D eigenvalue weighted by molar-refractivity contribution is 0.0951. The maximum Gasteiger partial charge on any atom is 0.251 e. The minimum absolute atomic E-state index is 0.141. The van der Waals surface area contributed by atoms with Crippen molar-refractivity contribution in [2.45, 2.75) is 26.8 Å². The van der Waals surface area contributed by atoms with E-state index in [0.717, 1.165) is 34.7 Å². The van der Waals surface area contributed by atoms with E-state index >= 15 is 0 Å². The molecule has 4 aromatic rings. The highest BCUT2D eigenvalue weighted by Crippen LogP contribution is 2.22. The van der Waals surface area contributed by atoms with Crippen molar-refractivity contribution in [3.8, 4) is 17.0 Å². The summed E-state index contributed by atoms with van der Waals surface area (Å²) in [7, 11) is 0. The van der Waals surface area contributed by atoms with E-state index in [2.05, 4.69) is 46.6 Å². The standard InChI is InChI=1S/C28H28N4O2/c1-3-14-34-25-12-10-21(11-13-25)18-29-28(33)23-8-5-9-24(16-23)32-27-17-26(30-19-31-27)22-7-4-6-20(2)15-22/h4-13,15-17,19H,3,14,18H2,1-2H3,(H,29,33)(H,30,31,32). The zero-order valence-corrected chi connectivity index (χ0v) is 19.4. The largest absolute Gasteiger partial charge is 0.494 e. The van der Waals surface area contributed by atoms with Gasteiger partial charge < -0.3 is 15.4 Å². The van der Waals surface area contributed by atoms with Gasteiger partial charge in [0.25, 0.3) is 5.91 Å². The number of hydrogen-bond donors (Lipinski definition) is 2. The van der Waals surface area contributed by atoms with Gasteiger partial charge in [-0.25, -0.2) is 9.97 Å². The predicted molar refractivity (Wildman–Crippen MR) is 135 cm³/mol. The number of carbonyl (C=O) groups is 1. The fourth-order valence-corrected chi connectivity index (χ4v) is 3.48. The molecule has 0 saturated carbocycles. The number of benzene rings is 3. The van der Waals surface area contributed by atoms with E-state index < -0.39 is 0 Å². The van der Waals surface area contributed by atoms with Crippen LogP contribution < -0.4 is 15.4 Å². The van der Waals surface area contributed by atoms with Crippen LogP contribution in [0.4, 0.5) is 11.5 Å². The average Bonchev–Trinajstić information content (AvgIpc) is 2.87. The molecule has 0 aliphatic carbocycles. The Hall–Kier alpha value is -4.19. The van der Waals surface area contributed by atoms with Gasteiger partial charge >= 0.3 is 0 Å². The van der Waals surface area contributed by atoms with Gasteiger partial charge in [0.15, 0.2) is 0 Å². The first kappa shape index (κ1) is 23.0. The average molecular weight is 453 g/mol. The van der Waals surface area contributed by atoms with Gasteiger partial charge in [0.05, 0.1) is 12.3 Å². The van der Waals surface area contributed by atoms with E-state index in [-0.39, 0.29) is 5.91 Å². The van der Waals surface area contributed by atoms with Crippen molar-refractivity contribution in [1.29, 1.82) is 0 Å². The Labute approximate surface area is 200 Å². The number of aryl methyl sites for hydroxylation is 1. The molecular weight excluding hydrogens is 424 g/mol. The zero-order valence-electron chi connectivity index (χ0n) is 19.4. The lowest BCUT2D eigenvalue weighted by atomic mass is 10.1. The normalized spacial score (nSPS) is 10.5. The number of rotatable bonds is 9. The molecule has 6 heteroatoms. The molecule has 0 radical (unpaired) electrons. The molecule has 0 saturated heterocycles. The number of aromatic nitrogens is 2. The van der Waals surface area contributed by atoms with Gasteiger partial charge in [-0.1, -0.05) is 48.9 Å². The monoisotopic (exact) mass is 452 g/mol. The van der Waals surface area contributed by atoms with Crippen LogP contribution in [0.1, 0.15) is 34.8 Å². The number of nitrogens with zero attached hydrogens (tertiary/aromatic N) is 2. The van der Waals surface area contributed by atoms with Crippen molar-refractivity contribution < 1.29 is 9.53 Å². The van der Waals surface area contributed by atoms with Gasteiger partial charge in [0.2, 0.25) is 0 Å². The van der Waals surface area contributed by atoms with Gasteiger partial charge in [0.1, 0.15) is 17.9 Å². The molecule has 0 spiro atoms. The van der Waals surface area contributed by atoms with E-state index in [1.165, 1.54) is 11.9 Å². The van der Waals surface area contributed by atoms with Crippen LogP contribution in [0.15, 0.2) is 85.2 Å². The van der Waals surface area contributed by atoms with Crippen molar-refractivity contribution >= 4 is 17.4 Å². The smallest absolute Gasteiger partial charge is 0.251 e. The molecule has 1 heterocycles. The number of anilines is 2. The molecule has 1 amide bonds. The molecule has 34 heavy (non-hydrogen) atoms. The van der Waals surface area contributed by atoms with Gasteiger partial charge in [-0.3, -0.25) is 4.79 Å². The number of nitrogens with one attached hydrogen (secondary N) is 2. The van der Waals surface area contributed by atoms with Crippen molar-refractivity contribution in [2.75, 3.05) is 11.9 Å². The molecule has 2 N–H and O–H groups in total. The first-order valence-electron chi connectivity index (χ1n) is 11.4. The number of hydrogen-bond acceptors (Lipinski definition) is 5. The van der Waals surface area contributed by atoms with Crippen LogP contribution in [-0.2, 0) is 6.54 Å². The molecule has 3 aromatic carbocycles. The summed E-state index contributed by atoms with van der Waals surface area (Å²) in [5, 5.41) is 6.25. The maximum absolute atomic E-state index is 12.7. The molecule has 172 valence electrons. The third-order valence-electron chi connectivity index (χ3n) is 5.23. The Morgan fingerprint density at radius 1 is 0.941 bits per heavy atom. The van der Waals surface area contributed by atoms with Crippen LogP contribution >= 0.6 is 0 Å². The molecule has 0 aliphatic heterocycles. The van der Waals surface area contributed by atoms with E-state index in [0.29, 0.717) is 24.5 Å². The van der Waals surface area contributed by atoms with Crippen LogP contribution in [0.3, 0.4) is 0 Å². The Bertz CT molecular complexity index is 1260. The Morgan fingerprint density at radius 2 is 1.76 bits per heavy atom. The van der Waals surface area contributed by atoms with E-state index in [9.17, 15) is 4.79 Å². The quantitative estimate of drug-likeness (QED) is 0.330. The van der Waals surface area contributed by atoms with E-state index in [1.54, 1.807) is 6.07 Å². The highest BCUT2D eigenvalue weighted by molar-refractivity contribution is 5.95. The number of ether oxygens (including phenoxy) is 1. The lowest BCUT2D eigenvalue weighted by Crippen LogP contribution is -2.22. The van der Waals surface area contributed by atoms with Crippen LogP contribution in [0, 0.1) is 6.92 Å². The van der Waals surface area contributed by atoms with Crippen molar-refractivity contribution in [1.82, 2.24) is 15.3 Å². The number of amides is 1. The summed E-state index contributed by atoms with van der Waals surface area (Å²) in [6, 6.07) is 25.2. The molecule has 6 nitrogen and oxygen atoms in total. The lowest BCUT2D eigenvalue weighted by Gasteiger charge is -2.10. The Morgan fingerprint density at radius 3 is 2.56 bits per heavy atom. The first-order valence-corrected chi connectivity index (χ1v) is 11.4. The topological polar surface area (TPSA) is 76.1 Å². The third-order valence-corrected chi connectivity index (χ3v) is 5.23. The Balaban J connectivity index is 1.39. The second-order valence-corrected chi connectivity index (χ2v) is 8.04. The van der Waals surface area contributed by atoms with Crippen LogP contribution in [0.5, 0.6) is 5.75 Å². The SMILES string of the molecule is CCCOc1ccc(CNC(=O)c2cccc(Nc3cc(-c4cccc(C)c4)ncn3)c2)cc1. The van der Waals surface area contributed by atoms with Crippen LogP contribution in [-0.4, -0.2) is 22.5 Å². The zero-order chi connectivity index (χ0) is 23.8. The predicted octanol–water partition coefficient (Wildman–Crippen LogP) is 5.91. The van der Waals surface area contributed by atoms with Crippen LogP contribution in [0.25, 0.3) is 11.3 Å². The van der Waals surface area contributed by atoms with Crippen LogP contribution in [0.2, 0.25) is 0 Å². The molecule has 0 fully saturated rings. The summed E-state index contributed by atoms with van der Waals surface area (Å²) in [5.74, 6) is 1.36. The highest BCUT2D eigenvalue weighted by atomic mass is 16.5. The van der Waals surface area contributed by atoms with Gasteiger partial charge in [0, 0.05) is 29.4 Å². The fraction of sp³-hybridized carbons (Fsp3) is 0.179. The molecule has 0 unspecified atom stereocenters. The maximum atomic E-state index is 12.7. The van der Waals surface area contributed by atoms with Gasteiger partial charge in [-0.15, -0.1) is 0 Å². The van der Waals surface area contributed by atoms with Gasteiger partial charge in [-0.05, 0) is 55.3 Å². The second-order valence-electron chi connectivity index (χ2n) is 8.04. The molecular formula is C28H28N4O2. The third kappa shape index (κ3) is 6.19. The number of carbonyl (C=O) groups excluding carboxylic acids is 1. The Kier molecular flexibility index (Phi) is 7.50. The van der Waals surface area contributed by atoms with Gasteiger partial charge in [-0.2, -0.15) is 0 Å².